The summed E-state index contributed by atoms with van der Waals surface area (Å²) in [6.45, 7) is 0. The molecule has 1 N–H and O–H groups in total. The number of benzene rings is 2. The first-order valence-electron chi connectivity index (χ1n) is 6.72. The van der Waals surface area contributed by atoms with Crippen LogP contribution in [0.3, 0.4) is 0 Å². The van der Waals surface area contributed by atoms with Crippen molar-refractivity contribution in [2.45, 2.75) is 0 Å². The lowest BCUT2D eigenvalue weighted by Gasteiger charge is -2.02. The Kier molecular flexibility index (Phi) is 3.93. The Labute approximate surface area is 131 Å². The first kappa shape index (κ1) is 14.3. The molecule has 3 rings (SSSR count). The highest BCUT2D eigenvalue weighted by atomic mass is 32.1. The number of fused-ring (bicyclic) bond motifs is 1. The maximum atomic E-state index is 12.1. The Morgan fingerprint density at radius 1 is 1.23 bits per heavy atom. The average molecular weight is 313 g/mol. The monoisotopic (exact) mass is 313 g/mol. The lowest BCUT2D eigenvalue weighted by atomic mass is 10.2. The fraction of sp³-hybridized carbons (Fsp3) is 0.125. The standard InChI is InChI=1S/C16H15N3O2S/c1-19-13-8-3-4-9-14(13)22-16(19)18-17-15(20)11-6-5-7-12(10-11)21-2/h3-10H,1-2H3,(H,17,20)/b18-16+. The van der Waals surface area contributed by atoms with Crippen LogP contribution >= 0.6 is 11.3 Å². The van der Waals surface area contributed by atoms with Crippen LogP contribution in [0.25, 0.3) is 10.2 Å². The summed E-state index contributed by atoms with van der Waals surface area (Å²) >= 11 is 1.53. The molecule has 0 aliphatic carbocycles. The van der Waals surface area contributed by atoms with Gasteiger partial charge in [-0.2, -0.15) is 0 Å². The number of thiazole rings is 1. The third-order valence-corrected chi connectivity index (χ3v) is 4.41. The first-order valence-corrected chi connectivity index (χ1v) is 7.53. The summed E-state index contributed by atoms with van der Waals surface area (Å²) in [6, 6.07) is 15.0. The zero-order valence-electron chi connectivity index (χ0n) is 12.2. The Hall–Kier alpha value is -2.60. The smallest absolute Gasteiger partial charge is 0.271 e. The van der Waals surface area contributed by atoms with Crippen LogP contribution in [0.1, 0.15) is 10.4 Å². The number of aryl methyl sites for hydroxylation is 1. The second kappa shape index (κ2) is 6.03. The average Bonchev–Trinajstić information content (AvgIpc) is 2.89. The van der Waals surface area contributed by atoms with Crippen LogP contribution in [0, 0.1) is 0 Å². The molecule has 6 heteroatoms. The zero-order valence-corrected chi connectivity index (χ0v) is 13.1. The molecule has 22 heavy (non-hydrogen) atoms. The molecule has 0 radical (unpaired) electrons. The van der Waals surface area contributed by atoms with E-state index in [2.05, 4.69) is 10.5 Å². The molecule has 0 aliphatic heterocycles. The molecule has 0 bridgehead atoms. The van der Waals surface area contributed by atoms with E-state index in [0.717, 1.165) is 15.0 Å². The number of nitrogens with zero attached hydrogens (tertiary/aromatic N) is 2. The zero-order chi connectivity index (χ0) is 15.5. The minimum atomic E-state index is -0.267. The van der Waals surface area contributed by atoms with Gasteiger partial charge in [0, 0.05) is 12.6 Å². The van der Waals surface area contributed by atoms with Crippen LogP contribution in [0.4, 0.5) is 0 Å². The van der Waals surface area contributed by atoms with Crippen LogP contribution in [0.15, 0.2) is 53.6 Å². The fourth-order valence-corrected chi connectivity index (χ4v) is 3.10. The second-order valence-corrected chi connectivity index (χ2v) is 5.71. The molecule has 112 valence electrons. The molecule has 1 heterocycles. The summed E-state index contributed by atoms with van der Waals surface area (Å²) in [5.41, 5.74) is 4.18. The van der Waals surface area contributed by atoms with Crippen molar-refractivity contribution in [1.82, 2.24) is 9.99 Å². The fourth-order valence-electron chi connectivity index (χ4n) is 2.12. The van der Waals surface area contributed by atoms with Crippen LogP contribution < -0.4 is 15.0 Å². The summed E-state index contributed by atoms with van der Waals surface area (Å²) < 4.78 is 8.19. The lowest BCUT2D eigenvalue weighted by Crippen LogP contribution is -2.23. The van der Waals surface area contributed by atoms with E-state index >= 15 is 0 Å². The van der Waals surface area contributed by atoms with Crippen molar-refractivity contribution >= 4 is 27.5 Å². The van der Waals surface area contributed by atoms with Crippen LogP contribution in [0.5, 0.6) is 5.75 Å². The summed E-state index contributed by atoms with van der Waals surface area (Å²) in [4.78, 5) is 12.9. The van der Waals surface area contributed by atoms with Crippen LogP contribution in [0.2, 0.25) is 0 Å². The molecule has 0 spiro atoms. The van der Waals surface area contributed by atoms with Gasteiger partial charge in [0.05, 0.1) is 17.3 Å². The largest absolute Gasteiger partial charge is 0.497 e. The molecule has 2 aromatic carbocycles. The van der Waals surface area contributed by atoms with E-state index in [0.29, 0.717) is 11.3 Å². The maximum Gasteiger partial charge on any atom is 0.271 e. The van der Waals surface area contributed by atoms with Crippen molar-refractivity contribution in [3.8, 4) is 5.75 Å². The number of ether oxygens (including phenoxy) is 1. The van der Waals surface area contributed by atoms with Gasteiger partial charge in [-0.1, -0.05) is 29.5 Å². The molecule has 0 atom stereocenters. The van der Waals surface area contributed by atoms with Crippen molar-refractivity contribution in [1.29, 1.82) is 0 Å². The van der Waals surface area contributed by atoms with E-state index in [9.17, 15) is 4.79 Å². The van der Waals surface area contributed by atoms with Crippen molar-refractivity contribution in [2.75, 3.05) is 7.11 Å². The maximum absolute atomic E-state index is 12.1. The lowest BCUT2D eigenvalue weighted by molar-refractivity contribution is 0.0952. The molecule has 5 nitrogen and oxygen atoms in total. The van der Waals surface area contributed by atoms with Gasteiger partial charge < -0.3 is 9.30 Å². The van der Waals surface area contributed by atoms with Crippen LogP contribution in [-0.4, -0.2) is 17.6 Å². The number of rotatable bonds is 3. The molecule has 0 unspecified atom stereocenters. The van der Waals surface area contributed by atoms with Gasteiger partial charge in [-0.25, -0.2) is 5.43 Å². The molecule has 0 aliphatic rings. The Morgan fingerprint density at radius 3 is 2.82 bits per heavy atom. The number of carbonyl (C=O) groups excluding carboxylic acids is 1. The topological polar surface area (TPSA) is 55.6 Å². The van der Waals surface area contributed by atoms with Gasteiger partial charge >= 0.3 is 0 Å². The summed E-state index contributed by atoms with van der Waals surface area (Å²) in [5.74, 6) is 0.372. The van der Waals surface area contributed by atoms with Crippen molar-refractivity contribution in [3.63, 3.8) is 0 Å². The Balaban J connectivity index is 1.88. The molecule has 1 aromatic heterocycles. The number of hydrogen-bond acceptors (Lipinski definition) is 4. The third-order valence-electron chi connectivity index (χ3n) is 3.30. The van der Waals surface area contributed by atoms with Gasteiger partial charge in [-0.05, 0) is 30.3 Å². The van der Waals surface area contributed by atoms with Gasteiger partial charge in [0.15, 0.2) is 0 Å². The molecule has 1 amide bonds. The van der Waals surface area contributed by atoms with Gasteiger partial charge in [-0.15, -0.1) is 5.10 Å². The Bertz CT molecular complexity index is 896. The quantitative estimate of drug-likeness (QED) is 0.755. The molecule has 0 fully saturated rings. The number of methoxy groups -OCH3 is 1. The number of carbonyl (C=O) groups is 1. The highest BCUT2D eigenvalue weighted by molar-refractivity contribution is 7.16. The summed E-state index contributed by atoms with van der Waals surface area (Å²) in [5, 5.41) is 4.22. The van der Waals surface area contributed by atoms with E-state index in [-0.39, 0.29) is 5.91 Å². The minimum absolute atomic E-state index is 0.267. The first-order chi connectivity index (χ1) is 10.7. The van der Waals surface area contributed by atoms with Gasteiger partial charge in [0.1, 0.15) is 5.75 Å². The number of nitrogens with one attached hydrogen (secondary N) is 1. The molecular weight excluding hydrogens is 298 g/mol. The predicted molar refractivity (Wildman–Crippen MR) is 86.8 cm³/mol. The Morgan fingerprint density at radius 2 is 2.05 bits per heavy atom. The molecule has 0 saturated carbocycles. The van der Waals surface area contributed by atoms with Gasteiger partial charge in [0.25, 0.3) is 5.91 Å². The van der Waals surface area contributed by atoms with Crippen molar-refractivity contribution < 1.29 is 9.53 Å². The summed E-state index contributed by atoms with van der Waals surface area (Å²) in [6.07, 6.45) is 0. The second-order valence-electron chi connectivity index (χ2n) is 4.70. The number of aromatic nitrogens is 1. The number of hydrogen-bond donors (Lipinski definition) is 1. The highest BCUT2D eigenvalue weighted by Gasteiger charge is 2.06. The molecule has 0 saturated heterocycles. The molecular formula is C16H15N3O2S. The third kappa shape index (κ3) is 2.73. The van der Waals surface area contributed by atoms with Gasteiger partial charge in [0.2, 0.25) is 4.80 Å². The summed E-state index contributed by atoms with van der Waals surface area (Å²) in [7, 11) is 3.49. The number of amides is 1. The van der Waals surface area contributed by atoms with E-state index in [1.54, 1.807) is 31.4 Å². The van der Waals surface area contributed by atoms with Crippen molar-refractivity contribution in [3.05, 3.63) is 58.9 Å². The minimum Gasteiger partial charge on any atom is -0.497 e. The predicted octanol–water partition coefficient (Wildman–Crippen LogP) is 2.49. The number of para-hydroxylation sites is 1. The highest BCUT2D eigenvalue weighted by Crippen LogP contribution is 2.15. The SMILES string of the molecule is COc1cccc(C(=O)N/N=c2/sc3ccccc3n2C)c1. The normalized spacial score (nSPS) is 11.6. The van der Waals surface area contributed by atoms with E-state index in [1.165, 1.54) is 11.3 Å². The molecule has 3 aromatic rings. The van der Waals surface area contributed by atoms with Gasteiger partial charge in [-0.3, -0.25) is 4.79 Å². The van der Waals surface area contributed by atoms with E-state index < -0.39 is 0 Å². The van der Waals surface area contributed by atoms with E-state index in [4.69, 9.17) is 4.74 Å². The van der Waals surface area contributed by atoms with E-state index in [1.807, 2.05) is 35.9 Å². The van der Waals surface area contributed by atoms with Crippen LogP contribution in [-0.2, 0) is 7.05 Å². The van der Waals surface area contributed by atoms with Crippen molar-refractivity contribution in [2.24, 2.45) is 12.1 Å².